The second-order valence-corrected chi connectivity index (χ2v) is 8.11. The number of rotatable bonds is 3. The topological polar surface area (TPSA) is 96.2 Å². The lowest BCUT2D eigenvalue weighted by Crippen LogP contribution is -2.16. The van der Waals surface area contributed by atoms with E-state index >= 15 is 0 Å². The van der Waals surface area contributed by atoms with Gasteiger partial charge in [-0.2, -0.15) is 5.26 Å². The number of anilines is 2. The van der Waals surface area contributed by atoms with E-state index in [-0.39, 0.29) is 5.56 Å². The third-order valence-corrected chi connectivity index (χ3v) is 6.29. The third-order valence-electron chi connectivity index (χ3n) is 5.19. The van der Waals surface area contributed by atoms with Crippen molar-refractivity contribution in [2.24, 2.45) is 0 Å². The van der Waals surface area contributed by atoms with Crippen molar-refractivity contribution in [3.8, 4) is 17.5 Å². The average Bonchev–Trinajstić information content (AvgIpc) is 3.47. The van der Waals surface area contributed by atoms with Crippen molar-refractivity contribution in [3.63, 3.8) is 0 Å². The van der Waals surface area contributed by atoms with Gasteiger partial charge in [-0.25, -0.2) is 9.97 Å². The van der Waals surface area contributed by atoms with Gasteiger partial charge in [0.15, 0.2) is 5.76 Å². The van der Waals surface area contributed by atoms with Crippen LogP contribution in [-0.2, 0) is 0 Å². The molecule has 7 nitrogen and oxygen atoms in total. The Balaban J connectivity index is 1.76. The van der Waals surface area contributed by atoms with Crippen molar-refractivity contribution in [3.05, 3.63) is 89.0 Å². The number of nitriles is 1. The smallest absolute Gasteiger partial charge is 0.268 e. The van der Waals surface area contributed by atoms with E-state index in [0.29, 0.717) is 48.8 Å². The number of para-hydroxylation sites is 1. The number of thiophene rings is 1. The molecule has 0 bridgehead atoms. The first kappa shape index (κ1) is 18.3. The van der Waals surface area contributed by atoms with Gasteiger partial charge < -0.3 is 9.73 Å². The molecule has 8 heteroatoms. The van der Waals surface area contributed by atoms with E-state index in [2.05, 4.69) is 11.4 Å². The Hall–Kier alpha value is -4.48. The first-order valence-corrected chi connectivity index (χ1v) is 10.6. The standard InChI is InChI=1S/C24H13N5O2S/c25-13-15-19-22(32-23(15)26-14-7-2-1-3-8-14)21-18(20(28-19)16-9-6-12-31-16)24(30)29-11-5-4-10-17(29)27-21/h1-12,26H. The molecule has 0 unspecified atom stereocenters. The van der Waals surface area contributed by atoms with E-state index < -0.39 is 0 Å². The number of furan rings is 1. The lowest BCUT2D eigenvalue weighted by Gasteiger charge is -2.07. The Kier molecular flexibility index (Phi) is 4.03. The predicted molar refractivity (Wildman–Crippen MR) is 124 cm³/mol. The number of pyridine rings is 2. The zero-order valence-electron chi connectivity index (χ0n) is 16.4. The second kappa shape index (κ2) is 7.04. The first-order chi connectivity index (χ1) is 15.7. The molecule has 1 aromatic carbocycles. The number of hydrogen-bond donors (Lipinski definition) is 1. The molecule has 0 spiro atoms. The first-order valence-electron chi connectivity index (χ1n) is 9.78. The van der Waals surface area contributed by atoms with Gasteiger partial charge in [-0.3, -0.25) is 9.20 Å². The van der Waals surface area contributed by atoms with Crippen molar-refractivity contribution in [1.29, 1.82) is 5.26 Å². The Morgan fingerprint density at radius 1 is 1.00 bits per heavy atom. The molecule has 0 saturated heterocycles. The fourth-order valence-corrected chi connectivity index (χ4v) is 4.87. The molecule has 0 saturated carbocycles. The number of nitrogens with one attached hydrogen (secondary N) is 1. The molecule has 0 amide bonds. The third kappa shape index (κ3) is 2.69. The van der Waals surface area contributed by atoms with Gasteiger partial charge in [-0.05, 0) is 36.4 Å². The van der Waals surface area contributed by atoms with Crippen LogP contribution in [0.25, 0.3) is 38.2 Å². The van der Waals surface area contributed by atoms with E-state index in [0.717, 1.165) is 5.69 Å². The molecule has 32 heavy (non-hydrogen) atoms. The van der Waals surface area contributed by atoms with Crippen LogP contribution in [0.15, 0.2) is 82.3 Å². The van der Waals surface area contributed by atoms with Gasteiger partial charge in [0, 0.05) is 11.9 Å². The molecule has 6 aromatic rings. The summed E-state index contributed by atoms with van der Waals surface area (Å²) in [6.45, 7) is 0. The molecule has 0 radical (unpaired) electrons. The van der Waals surface area contributed by atoms with Crippen molar-refractivity contribution >= 4 is 48.8 Å². The van der Waals surface area contributed by atoms with Crippen molar-refractivity contribution in [1.82, 2.24) is 14.4 Å². The lowest BCUT2D eigenvalue weighted by molar-refractivity contribution is 0.581. The van der Waals surface area contributed by atoms with E-state index in [4.69, 9.17) is 14.4 Å². The average molecular weight is 435 g/mol. The monoisotopic (exact) mass is 435 g/mol. The van der Waals surface area contributed by atoms with Crippen LogP contribution in [0.1, 0.15) is 5.56 Å². The molecule has 1 N–H and O–H groups in total. The van der Waals surface area contributed by atoms with Crippen molar-refractivity contribution < 1.29 is 4.42 Å². The molecule has 0 aliphatic heterocycles. The number of hydrogen-bond acceptors (Lipinski definition) is 7. The number of benzene rings is 1. The zero-order chi connectivity index (χ0) is 21.7. The molecule has 0 fully saturated rings. The fourth-order valence-electron chi connectivity index (χ4n) is 3.76. The summed E-state index contributed by atoms with van der Waals surface area (Å²) in [6.07, 6.45) is 3.21. The molecule has 0 atom stereocenters. The maximum absolute atomic E-state index is 13.5. The zero-order valence-corrected chi connectivity index (χ0v) is 17.3. The SMILES string of the molecule is N#Cc1c(Nc2ccccc2)sc2c1nc(-c1ccco1)c1c(=O)n3ccccc3nc12. The molecule has 152 valence electrons. The summed E-state index contributed by atoms with van der Waals surface area (Å²) in [6, 6.07) is 20.7. The van der Waals surface area contributed by atoms with Crippen LogP contribution in [0, 0.1) is 11.3 Å². The minimum absolute atomic E-state index is 0.240. The summed E-state index contributed by atoms with van der Waals surface area (Å²) in [5.41, 5.74) is 2.89. The van der Waals surface area contributed by atoms with Crippen LogP contribution in [-0.4, -0.2) is 14.4 Å². The molecule has 6 rings (SSSR count). The van der Waals surface area contributed by atoms with Gasteiger partial charge in [0.2, 0.25) is 0 Å². The van der Waals surface area contributed by atoms with E-state index in [1.807, 2.05) is 36.4 Å². The Morgan fingerprint density at radius 2 is 1.84 bits per heavy atom. The van der Waals surface area contributed by atoms with Crippen LogP contribution < -0.4 is 10.9 Å². The maximum atomic E-state index is 13.5. The predicted octanol–water partition coefficient (Wildman–Crippen LogP) is 5.33. The van der Waals surface area contributed by atoms with Gasteiger partial charge in [-0.1, -0.05) is 24.3 Å². The molecular formula is C24H13N5O2S. The number of nitrogens with zero attached hydrogens (tertiary/aromatic N) is 4. The van der Waals surface area contributed by atoms with Gasteiger partial charge >= 0.3 is 0 Å². The van der Waals surface area contributed by atoms with Gasteiger partial charge in [0.25, 0.3) is 5.56 Å². The Morgan fingerprint density at radius 3 is 2.62 bits per heavy atom. The van der Waals surface area contributed by atoms with E-state index in [1.165, 1.54) is 22.0 Å². The van der Waals surface area contributed by atoms with Crippen LogP contribution in [0.5, 0.6) is 0 Å². The second-order valence-electron chi connectivity index (χ2n) is 7.09. The highest BCUT2D eigenvalue weighted by Gasteiger charge is 2.23. The highest BCUT2D eigenvalue weighted by atomic mass is 32.1. The minimum atomic E-state index is -0.240. The maximum Gasteiger partial charge on any atom is 0.268 e. The highest BCUT2D eigenvalue weighted by molar-refractivity contribution is 7.24. The number of aromatic nitrogens is 3. The molecule has 5 heterocycles. The Bertz CT molecular complexity index is 1730. The fraction of sp³-hybridized carbons (Fsp3) is 0. The van der Waals surface area contributed by atoms with E-state index in [9.17, 15) is 10.1 Å². The summed E-state index contributed by atoms with van der Waals surface area (Å²) >= 11 is 1.36. The van der Waals surface area contributed by atoms with Gasteiger partial charge in [0.05, 0.1) is 16.3 Å². The summed E-state index contributed by atoms with van der Waals surface area (Å²) in [7, 11) is 0. The largest absolute Gasteiger partial charge is 0.463 e. The van der Waals surface area contributed by atoms with Crippen molar-refractivity contribution in [2.45, 2.75) is 0 Å². The van der Waals surface area contributed by atoms with Gasteiger partial charge in [-0.15, -0.1) is 11.3 Å². The lowest BCUT2D eigenvalue weighted by atomic mass is 10.1. The molecular weight excluding hydrogens is 422 g/mol. The van der Waals surface area contributed by atoms with Crippen molar-refractivity contribution in [2.75, 3.05) is 5.32 Å². The van der Waals surface area contributed by atoms with Gasteiger partial charge in [0.1, 0.15) is 39.0 Å². The molecule has 0 aliphatic carbocycles. The van der Waals surface area contributed by atoms with Crippen LogP contribution in [0.3, 0.4) is 0 Å². The quantitative estimate of drug-likeness (QED) is 0.377. The summed E-state index contributed by atoms with van der Waals surface area (Å²) in [5.74, 6) is 0.444. The summed E-state index contributed by atoms with van der Waals surface area (Å²) in [5, 5.41) is 14.3. The number of fused-ring (bicyclic) bond motifs is 4. The van der Waals surface area contributed by atoms with Crippen LogP contribution >= 0.6 is 11.3 Å². The van der Waals surface area contributed by atoms with Crippen LogP contribution in [0.2, 0.25) is 0 Å². The van der Waals surface area contributed by atoms with Crippen LogP contribution in [0.4, 0.5) is 10.7 Å². The highest BCUT2D eigenvalue weighted by Crippen LogP contribution is 2.41. The summed E-state index contributed by atoms with van der Waals surface area (Å²) < 4.78 is 7.75. The molecule has 5 aromatic heterocycles. The summed E-state index contributed by atoms with van der Waals surface area (Å²) in [4.78, 5) is 23.0. The van der Waals surface area contributed by atoms with E-state index in [1.54, 1.807) is 30.5 Å². The minimum Gasteiger partial charge on any atom is -0.463 e. The Labute approximate surface area is 184 Å². The normalized spacial score (nSPS) is 11.2. The molecule has 0 aliphatic rings.